The highest BCUT2D eigenvalue weighted by molar-refractivity contribution is 7.71. The third-order valence-corrected chi connectivity index (χ3v) is 4.87. The highest BCUT2D eigenvalue weighted by atomic mass is 32.1. The molecule has 0 spiro atoms. The number of nitrogens with zero attached hydrogens (tertiary/aromatic N) is 3. The van der Waals surface area contributed by atoms with E-state index in [1.54, 1.807) is 0 Å². The maximum atomic E-state index is 12.1. The van der Waals surface area contributed by atoms with E-state index in [1.165, 1.54) is 47.5 Å². The van der Waals surface area contributed by atoms with Gasteiger partial charge in [0.05, 0.1) is 6.21 Å². The topological polar surface area (TPSA) is 112 Å². The fourth-order valence-corrected chi connectivity index (χ4v) is 3.28. The van der Waals surface area contributed by atoms with Crippen LogP contribution in [-0.4, -0.2) is 31.8 Å². The smallest absolute Gasteiger partial charge is 0.271 e. The number of aromatic hydroxyl groups is 1. The third-order valence-electron chi connectivity index (χ3n) is 4.55. The monoisotopic (exact) mass is 399 g/mol. The maximum absolute atomic E-state index is 12.1. The van der Waals surface area contributed by atoms with E-state index in [0.717, 1.165) is 25.5 Å². The first-order valence-electron chi connectivity index (χ1n) is 9.03. The van der Waals surface area contributed by atoms with E-state index in [0.29, 0.717) is 12.1 Å². The lowest BCUT2D eigenvalue weighted by Gasteiger charge is -2.15. The number of aromatic amines is 1. The van der Waals surface area contributed by atoms with Crippen LogP contribution in [0.4, 0.5) is 0 Å². The normalized spacial score (nSPS) is 14.1. The molecule has 1 amide bonds. The largest absolute Gasteiger partial charge is 0.494 e. The molecular formula is C19H21N5O3S. The van der Waals surface area contributed by atoms with E-state index in [1.807, 2.05) is 0 Å². The van der Waals surface area contributed by atoms with Gasteiger partial charge in [-0.05, 0) is 56.5 Å². The van der Waals surface area contributed by atoms with Crippen molar-refractivity contribution in [2.45, 2.75) is 38.6 Å². The van der Waals surface area contributed by atoms with Gasteiger partial charge in [-0.15, -0.1) is 0 Å². The second-order valence-electron chi connectivity index (χ2n) is 6.44. The fourth-order valence-electron chi connectivity index (χ4n) is 3.01. The summed E-state index contributed by atoms with van der Waals surface area (Å²) >= 11 is 5.18. The van der Waals surface area contributed by atoms with Crippen LogP contribution in [0.3, 0.4) is 0 Å². The molecule has 0 bridgehead atoms. The molecule has 0 saturated heterocycles. The molecule has 0 radical (unpaired) electrons. The lowest BCUT2D eigenvalue weighted by Crippen LogP contribution is -2.21. The number of hydrogen-bond donors (Lipinski definition) is 3. The van der Waals surface area contributed by atoms with Crippen molar-refractivity contribution in [3.63, 3.8) is 0 Å². The van der Waals surface area contributed by atoms with Gasteiger partial charge >= 0.3 is 0 Å². The molecule has 0 saturated carbocycles. The second kappa shape index (κ2) is 9.23. The van der Waals surface area contributed by atoms with Crippen molar-refractivity contribution >= 4 is 24.3 Å². The van der Waals surface area contributed by atoms with Gasteiger partial charge in [0.25, 0.3) is 11.5 Å². The highest BCUT2D eigenvalue weighted by Gasteiger charge is 2.12. The number of hydrazone groups is 1. The first-order valence-corrected chi connectivity index (χ1v) is 9.44. The van der Waals surface area contributed by atoms with Crippen LogP contribution in [0.2, 0.25) is 0 Å². The number of rotatable bonds is 6. The Morgan fingerprint density at radius 2 is 2.18 bits per heavy atom. The third kappa shape index (κ3) is 4.80. The van der Waals surface area contributed by atoms with Crippen LogP contribution in [0.1, 0.15) is 48.0 Å². The van der Waals surface area contributed by atoms with Gasteiger partial charge in [-0.2, -0.15) is 5.10 Å². The fraction of sp³-hybridized carbons (Fsp3) is 0.316. The van der Waals surface area contributed by atoms with Crippen molar-refractivity contribution in [1.82, 2.24) is 20.0 Å². The standard InChI is InChI=1S/C19H21N5O3S/c25-16(14-6-9-20-10-7-14)23-21-12-15-17(26)22-19(28)24(18(15)27)11-8-13-4-2-1-3-5-13/h4,6-7,9-10,12,27H,1-3,5,8,11H2,(H,23,25)(H,22,26,28)/b21-12+. The van der Waals surface area contributed by atoms with Gasteiger partial charge in [0, 0.05) is 24.5 Å². The zero-order chi connectivity index (χ0) is 19.9. The Labute approximate surface area is 166 Å². The van der Waals surface area contributed by atoms with E-state index in [4.69, 9.17) is 12.2 Å². The number of allylic oxidation sites excluding steroid dienone is 2. The molecule has 28 heavy (non-hydrogen) atoms. The summed E-state index contributed by atoms with van der Waals surface area (Å²) in [7, 11) is 0. The van der Waals surface area contributed by atoms with Crippen molar-refractivity contribution in [2.24, 2.45) is 5.10 Å². The Hall–Kier alpha value is -3.07. The van der Waals surface area contributed by atoms with Crippen LogP contribution < -0.4 is 11.0 Å². The number of carbonyl (C=O) groups is 1. The van der Waals surface area contributed by atoms with E-state index < -0.39 is 11.5 Å². The predicted molar refractivity (Wildman–Crippen MR) is 108 cm³/mol. The molecule has 1 aliphatic rings. The lowest BCUT2D eigenvalue weighted by atomic mass is 9.97. The molecule has 0 aromatic carbocycles. The SMILES string of the molecule is O=C(N/N=C/c1c(O)n(CCC2=CCCCC2)c(=S)[nH]c1=O)c1ccncc1. The minimum Gasteiger partial charge on any atom is -0.494 e. The molecule has 9 heteroatoms. The zero-order valence-corrected chi connectivity index (χ0v) is 16.0. The van der Waals surface area contributed by atoms with E-state index in [2.05, 4.69) is 26.6 Å². The summed E-state index contributed by atoms with van der Waals surface area (Å²) in [6.45, 7) is 0.456. The van der Waals surface area contributed by atoms with Crippen molar-refractivity contribution in [1.29, 1.82) is 0 Å². The molecule has 146 valence electrons. The number of carbonyl (C=O) groups excluding carboxylic acids is 1. The summed E-state index contributed by atoms with van der Waals surface area (Å²) in [6, 6.07) is 3.07. The van der Waals surface area contributed by atoms with Crippen molar-refractivity contribution in [2.75, 3.05) is 0 Å². The molecule has 3 rings (SSSR count). The quantitative estimate of drug-likeness (QED) is 0.299. The van der Waals surface area contributed by atoms with Gasteiger partial charge in [0.2, 0.25) is 5.88 Å². The number of aromatic nitrogens is 3. The van der Waals surface area contributed by atoms with Gasteiger partial charge in [0.1, 0.15) is 5.56 Å². The molecule has 1 aliphatic carbocycles. The zero-order valence-electron chi connectivity index (χ0n) is 15.2. The summed E-state index contributed by atoms with van der Waals surface area (Å²) < 4.78 is 1.62. The van der Waals surface area contributed by atoms with E-state index in [9.17, 15) is 14.7 Å². The van der Waals surface area contributed by atoms with Crippen LogP contribution in [0, 0.1) is 4.77 Å². The van der Waals surface area contributed by atoms with Crippen LogP contribution in [0.15, 0.2) is 46.1 Å². The Bertz CT molecular complexity index is 1020. The van der Waals surface area contributed by atoms with Crippen molar-refractivity contribution < 1.29 is 9.90 Å². The van der Waals surface area contributed by atoms with Gasteiger partial charge in [0.15, 0.2) is 4.77 Å². The summed E-state index contributed by atoms with van der Waals surface area (Å²) in [5.74, 6) is -0.723. The van der Waals surface area contributed by atoms with E-state index in [-0.39, 0.29) is 16.2 Å². The first-order chi connectivity index (χ1) is 13.6. The molecule has 2 heterocycles. The molecule has 2 aromatic rings. The maximum Gasteiger partial charge on any atom is 0.271 e. The molecular weight excluding hydrogens is 378 g/mol. The summed E-state index contributed by atoms with van der Waals surface area (Å²) in [5.41, 5.74) is 3.38. The number of nitrogens with one attached hydrogen (secondary N) is 2. The van der Waals surface area contributed by atoms with Gasteiger partial charge in [-0.3, -0.25) is 24.1 Å². The number of hydrogen-bond acceptors (Lipinski definition) is 6. The molecule has 0 atom stereocenters. The number of pyridine rings is 1. The molecule has 2 aromatic heterocycles. The van der Waals surface area contributed by atoms with Gasteiger partial charge in [-0.1, -0.05) is 11.6 Å². The molecule has 8 nitrogen and oxygen atoms in total. The summed E-state index contributed by atoms with van der Waals surface area (Å²) in [4.78, 5) is 30.5. The summed E-state index contributed by atoms with van der Waals surface area (Å²) in [5, 5.41) is 14.3. The molecule has 0 fully saturated rings. The average Bonchev–Trinajstić information content (AvgIpc) is 2.71. The predicted octanol–water partition coefficient (Wildman–Crippen LogP) is 2.66. The van der Waals surface area contributed by atoms with Gasteiger partial charge in [-0.25, -0.2) is 5.43 Å². The minimum atomic E-state index is -0.572. The van der Waals surface area contributed by atoms with Crippen LogP contribution in [0.25, 0.3) is 0 Å². The van der Waals surface area contributed by atoms with Crippen LogP contribution >= 0.6 is 12.2 Å². The molecule has 0 aliphatic heterocycles. The second-order valence-corrected chi connectivity index (χ2v) is 6.83. The summed E-state index contributed by atoms with van der Waals surface area (Å²) in [6.07, 6.45) is 11.6. The van der Waals surface area contributed by atoms with Crippen molar-refractivity contribution in [3.8, 4) is 5.88 Å². The van der Waals surface area contributed by atoms with Crippen LogP contribution in [-0.2, 0) is 6.54 Å². The van der Waals surface area contributed by atoms with Crippen LogP contribution in [0.5, 0.6) is 5.88 Å². The van der Waals surface area contributed by atoms with Gasteiger partial charge < -0.3 is 5.11 Å². The molecule has 3 N–H and O–H groups in total. The molecule has 0 unspecified atom stereocenters. The Balaban J connectivity index is 1.75. The number of H-pyrrole nitrogens is 1. The van der Waals surface area contributed by atoms with E-state index >= 15 is 0 Å². The Kier molecular flexibility index (Phi) is 6.49. The Morgan fingerprint density at radius 3 is 2.89 bits per heavy atom. The average molecular weight is 399 g/mol. The Morgan fingerprint density at radius 1 is 1.39 bits per heavy atom. The lowest BCUT2D eigenvalue weighted by molar-refractivity contribution is 0.0955. The van der Waals surface area contributed by atoms with Crippen molar-refractivity contribution in [3.05, 3.63) is 62.4 Å². The number of amides is 1. The highest BCUT2D eigenvalue weighted by Crippen LogP contribution is 2.22. The minimum absolute atomic E-state index is 0.0683. The first kappa shape index (κ1) is 19.7.